The molecule has 1 amide bonds. The number of hydrogen-bond acceptors (Lipinski definition) is 3. The van der Waals surface area contributed by atoms with Crippen LogP contribution in [0.15, 0.2) is 12.1 Å². The summed E-state index contributed by atoms with van der Waals surface area (Å²) in [6.07, 6.45) is 7.27. The molecule has 0 aromatic heterocycles. The van der Waals surface area contributed by atoms with Gasteiger partial charge in [0.15, 0.2) is 0 Å². The van der Waals surface area contributed by atoms with Crippen LogP contribution in [-0.4, -0.2) is 25.7 Å². The van der Waals surface area contributed by atoms with E-state index in [1.807, 2.05) is 19.1 Å². The van der Waals surface area contributed by atoms with Crippen molar-refractivity contribution in [2.24, 2.45) is 5.92 Å². The van der Waals surface area contributed by atoms with Gasteiger partial charge in [-0.15, -0.1) is 0 Å². The van der Waals surface area contributed by atoms with E-state index in [1.54, 1.807) is 7.11 Å². The number of methoxy groups -OCH3 is 1. The molecule has 3 rings (SSSR count). The molecule has 2 aliphatic rings. The number of nitrogens with one attached hydrogen (secondary N) is 1. The Morgan fingerprint density at radius 1 is 1.32 bits per heavy atom. The van der Waals surface area contributed by atoms with Crippen molar-refractivity contribution < 1.29 is 14.3 Å². The van der Waals surface area contributed by atoms with Crippen LogP contribution in [0.5, 0.6) is 11.5 Å². The van der Waals surface area contributed by atoms with Gasteiger partial charge in [-0.05, 0) is 37.8 Å². The summed E-state index contributed by atoms with van der Waals surface area (Å²) in [4.78, 5) is 12.5. The predicted molar refractivity (Wildman–Crippen MR) is 85.7 cm³/mol. The highest BCUT2D eigenvalue weighted by Crippen LogP contribution is 2.39. The monoisotopic (exact) mass is 303 g/mol. The van der Waals surface area contributed by atoms with Crippen LogP contribution < -0.4 is 14.8 Å². The molecule has 4 heteroatoms. The first-order chi connectivity index (χ1) is 10.7. The number of hydrogen-bond donors (Lipinski definition) is 1. The standard InChI is InChI=1S/C18H25NO3/c1-12-10-15-16(21-2)9-8-14(17(15)22-12)18(20)19-11-13-6-4-3-5-7-13/h8-9,12-13H,3-7,10-11H2,1-2H3,(H,19,20). The van der Waals surface area contributed by atoms with Gasteiger partial charge in [-0.1, -0.05) is 19.3 Å². The number of rotatable bonds is 4. The zero-order valence-corrected chi connectivity index (χ0v) is 13.5. The van der Waals surface area contributed by atoms with E-state index < -0.39 is 0 Å². The van der Waals surface area contributed by atoms with Crippen LogP contribution in [0.3, 0.4) is 0 Å². The van der Waals surface area contributed by atoms with E-state index in [0.717, 1.165) is 24.3 Å². The second kappa shape index (κ2) is 6.59. The quantitative estimate of drug-likeness (QED) is 0.928. The lowest BCUT2D eigenvalue weighted by Gasteiger charge is -2.22. The van der Waals surface area contributed by atoms with Crippen LogP contribution in [0.2, 0.25) is 0 Å². The Balaban J connectivity index is 1.71. The van der Waals surface area contributed by atoms with Gasteiger partial charge < -0.3 is 14.8 Å². The van der Waals surface area contributed by atoms with Crippen molar-refractivity contribution in [1.82, 2.24) is 5.32 Å². The van der Waals surface area contributed by atoms with E-state index in [9.17, 15) is 4.79 Å². The maximum Gasteiger partial charge on any atom is 0.255 e. The largest absolute Gasteiger partial charge is 0.496 e. The minimum absolute atomic E-state index is 0.0291. The zero-order chi connectivity index (χ0) is 15.5. The van der Waals surface area contributed by atoms with Gasteiger partial charge >= 0.3 is 0 Å². The summed E-state index contributed by atoms with van der Waals surface area (Å²) in [5.41, 5.74) is 1.65. The Morgan fingerprint density at radius 2 is 2.09 bits per heavy atom. The van der Waals surface area contributed by atoms with Crippen molar-refractivity contribution in [1.29, 1.82) is 0 Å². The minimum Gasteiger partial charge on any atom is -0.496 e. The topological polar surface area (TPSA) is 47.6 Å². The van der Waals surface area contributed by atoms with Crippen LogP contribution in [0.25, 0.3) is 0 Å². The van der Waals surface area contributed by atoms with E-state index in [-0.39, 0.29) is 12.0 Å². The smallest absolute Gasteiger partial charge is 0.255 e. The summed E-state index contributed by atoms with van der Waals surface area (Å²) >= 11 is 0. The molecule has 1 saturated carbocycles. The lowest BCUT2D eigenvalue weighted by atomic mass is 9.89. The third-order valence-electron chi connectivity index (χ3n) is 4.77. The average Bonchev–Trinajstić information content (AvgIpc) is 2.94. The van der Waals surface area contributed by atoms with Gasteiger partial charge in [0.05, 0.1) is 12.7 Å². The Hall–Kier alpha value is -1.71. The predicted octanol–water partition coefficient (Wildman–Crippen LogP) is 3.33. The van der Waals surface area contributed by atoms with Crippen molar-refractivity contribution in [3.63, 3.8) is 0 Å². The molecule has 1 aromatic rings. The molecule has 1 unspecified atom stereocenters. The lowest BCUT2D eigenvalue weighted by molar-refractivity contribution is 0.0939. The summed E-state index contributed by atoms with van der Waals surface area (Å²) in [5.74, 6) is 2.11. The first-order valence-electron chi connectivity index (χ1n) is 8.33. The fourth-order valence-electron chi connectivity index (χ4n) is 3.56. The molecule has 1 aliphatic heterocycles. The van der Waals surface area contributed by atoms with Gasteiger partial charge in [0.2, 0.25) is 0 Å². The Bertz CT molecular complexity index is 550. The average molecular weight is 303 g/mol. The Labute approximate surface area is 132 Å². The van der Waals surface area contributed by atoms with Crippen molar-refractivity contribution in [3.8, 4) is 11.5 Å². The molecule has 0 spiro atoms. The van der Waals surface area contributed by atoms with Crippen LogP contribution in [-0.2, 0) is 6.42 Å². The van der Waals surface area contributed by atoms with Gasteiger partial charge in [-0.3, -0.25) is 4.79 Å². The third kappa shape index (κ3) is 3.06. The Kier molecular flexibility index (Phi) is 4.55. The molecule has 0 bridgehead atoms. The van der Waals surface area contributed by atoms with Gasteiger partial charge in [-0.2, -0.15) is 0 Å². The van der Waals surface area contributed by atoms with Gasteiger partial charge in [-0.25, -0.2) is 0 Å². The van der Waals surface area contributed by atoms with Gasteiger partial charge in [0, 0.05) is 18.5 Å². The van der Waals surface area contributed by atoms with Crippen LogP contribution in [0.4, 0.5) is 0 Å². The highest BCUT2D eigenvalue weighted by molar-refractivity contribution is 5.98. The summed E-state index contributed by atoms with van der Waals surface area (Å²) in [6, 6.07) is 3.68. The number of carbonyl (C=O) groups excluding carboxylic acids is 1. The molecule has 22 heavy (non-hydrogen) atoms. The lowest BCUT2D eigenvalue weighted by Crippen LogP contribution is -2.30. The fraction of sp³-hybridized carbons (Fsp3) is 0.611. The van der Waals surface area contributed by atoms with E-state index >= 15 is 0 Å². The molecule has 1 atom stereocenters. The van der Waals surface area contributed by atoms with E-state index in [2.05, 4.69) is 5.32 Å². The molecule has 1 N–H and O–H groups in total. The maximum absolute atomic E-state index is 12.5. The molecule has 1 heterocycles. The molecule has 1 aliphatic carbocycles. The third-order valence-corrected chi connectivity index (χ3v) is 4.77. The number of ether oxygens (including phenoxy) is 2. The fourth-order valence-corrected chi connectivity index (χ4v) is 3.56. The molecular weight excluding hydrogens is 278 g/mol. The Morgan fingerprint density at radius 3 is 2.82 bits per heavy atom. The van der Waals surface area contributed by atoms with Gasteiger partial charge in [0.25, 0.3) is 5.91 Å². The second-order valence-corrected chi connectivity index (χ2v) is 6.47. The van der Waals surface area contributed by atoms with Crippen molar-refractivity contribution in [3.05, 3.63) is 23.3 Å². The first kappa shape index (κ1) is 15.2. The second-order valence-electron chi connectivity index (χ2n) is 6.47. The highest BCUT2D eigenvalue weighted by Gasteiger charge is 2.28. The molecule has 1 fully saturated rings. The van der Waals surface area contributed by atoms with Gasteiger partial charge in [0.1, 0.15) is 17.6 Å². The first-order valence-corrected chi connectivity index (χ1v) is 8.33. The molecular formula is C18H25NO3. The van der Waals surface area contributed by atoms with E-state index in [0.29, 0.717) is 17.2 Å². The maximum atomic E-state index is 12.5. The van der Waals surface area contributed by atoms with Crippen LogP contribution in [0, 0.1) is 5.92 Å². The molecule has 0 saturated heterocycles. The number of amides is 1. The number of carbonyl (C=O) groups is 1. The summed E-state index contributed by atoms with van der Waals surface area (Å²) in [5, 5.41) is 3.09. The van der Waals surface area contributed by atoms with Crippen molar-refractivity contribution in [2.45, 2.75) is 51.6 Å². The zero-order valence-electron chi connectivity index (χ0n) is 13.5. The van der Waals surface area contributed by atoms with E-state index in [4.69, 9.17) is 9.47 Å². The molecule has 1 aromatic carbocycles. The molecule has 120 valence electrons. The number of fused-ring (bicyclic) bond motifs is 1. The summed E-state index contributed by atoms with van der Waals surface area (Å²) in [7, 11) is 1.65. The summed E-state index contributed by atoms with van der Waals surface area (Å²) < 4.78 is 11.2. The molecule has 4 nitrogen and oxygen atoms in total. The number of benzene rings is 1. The van der Waals surface area contributed by atoms with Crippen LogP contribution >= 0.6 is 0 Å². The highest BCUT2D eigenvalue weighted by atomic mass is 16.5. The van der Waals surface area contributed by atoms with Crippen LogP contribution in [0.1, 0.15) is 54.9 Å². The minimum atomic E-state index is -0.0291. The molecule has 0 radical (unpaired) electrons. The SMILES string of the molecule is COc1ccc(C(=O)NCC2CCCCC2)c2c1CC(C)O2. The normalized spacial score (nSPS) is 21.1. The van der Waals surface area contributed by atoms with E-state index in [1.165, 1.54) is 32.1 Å². The van der Waals surface area contributed by atoms with Crippen molar-refractivity contribution in [2.75, 3.05) is 13.7 Å². The summed E-state index contributed by atoms with van der Waals surface area (Å²) in [6.45, 7) is 2.79. The van der Waals surface area contributed by atoms with Crippen molar-refractivity contribution >= 4 is 5.91 Å².